The van der Waals surface area contributed by atoms with E-state index in [9.17, 15) is 0 Å². The lowest BCUT2D eigenvalue weighted by atomic mass is 10.0. The van der Waals surface area contributed by atoms with Crippen molar-refractivity contribution in [2.75, 3.05) is 0 Å². The molecule has 0 aliphatic heterocycles. The summed E-state index contributed by atoms with van der Waals surface area (Å²) >= 11 is 0. The highest BCUT2D eigenvalue weighted by atomic mass is 15.1. The summed E-state index contributed by atoms with van der Waals surface area (Å²) in [5.74, 6) is 1.35. The number of imidazole rings is 1. The van der Waals surface area contributed by atoms with Crippen LogP contribution < -0.4 is 0 Å². The number of nitrogens with zero attached hydrogens (tertiary/aromatic N) is 4. The third-order valence-electron chi connectivity index (χ3n) is 2.99. The van der Waals surface area contributed by atoms with Crippen LogP contribution in [-0.4, -0.2) is 19.5 Å². The Labute approximate surface area is 105 Å². The molecule has 0 aliphatic rings. The van der Waals surface area contributed by atoms with Gasteiger partial charge in [-0.2, -0.15) is 0 Å². The van der Waals surface area contributed by atoms with Crippen molar-refractivity contribution >= 4 is 11.2 Å². The molecule has 4 nitrogen and oxygen atoms in total. The van der Waals surface area contributed by atoms with E-state index in [0.29, 0.717) is 5.92 Å². The number of rotatable bonds is 2. The molecule has 4 heteroatoms. The molecule has 3 heterocycles. The smallest absolute Gasteiger partial charge is 0.177 e. The Kier molecular flexibility index (Phi) is 2.55. The Bertz CT molecular complexity index is 685. The van der Waals surface area contributed by atoms with Crippen LogP contribution in [0.3, 0.4) is 0 Å². The van der Waals surface area contributed by atoms with E-state index in [1.807, 2.05) is 29.0 Å². The highest BCUT2D eigenvalue weighted by molar-refractivity contribution is 5.72. The van der Waals surface area contributed by atoms with Crippen LogP contribution >= 0.6 is 0 Å². The molecule has 90 valence electrons. The van der Waals surface area contributed by atoms with Gasteiger partial charge in [-0.05, 0) is 29.7 Å². The predicted octanol–water partition coefficient (Wildman–Crippen LogP) is 2.94. The molecule has 0 saturated carbocycles. The van der Waals surface area contributed by atoms with Crippen molar-refractivity contribution in [2.24, 2.45) is 0 Å². The topological polar surface area (TPSA) is 43.6 Å². The van der Waals surface area contributed by atoms with Crippen molar-refractivity contribution in [3.63, 3.8) is 0 Å². The van der Waals surface area contributed by atoms with Crippen molar-refractivity contribution in [3.8, 4) is 5.82 Å². The van der Waals surface area contributed by atoms with Gasteiger partial charge in [0.1, 0.15) is 12.1 Å². The maximum atomic E-state index is 4.49. The molecule has 0 atom stereocenters. The molecule has 0 saturated heterocycles. The zero-order chi connectivity index (χ0) is 12.5. The summed E-state index contributed by atoms with van der Waals surface area (Å²) in [6.07, 6.45) is 5.34. The maximum Gasteiger partial charge on any atom is 0.177 e. The van der Waals surface area contributed by atoms with Gasteiger partial charge in [0.05, 0.1) is 5.52 Å². The molecule has 0 N–H and O–H groups in total. The molecular formula is C14H14N4. The molecule has 0 bridgehead atoms. The Morgan fingerprint density at radius 2 is 1.78 bits per heavy atom. The zero-order valence-electron chi connectivity index (χ0n) is 10.4. The van der Waals surface area contributed by atoms with Gasteiger partial charge in [-0.3, -0.25) is 4.57 Å². The number of hydrogen-bond acceptors (Lipinski definition) is 3. The van der Waals surface area contributed by atoms with Gasteiger partial charge in [-0.15, -0.1) is 0 Å². The van der Waals surface area contributed by atoms with Crippen LogP contribution in [0, 0.1) is 0 Å². The van der Waals surface area contributed by atoms with Gasteiger partial charge in [0.2, 0.25) is 0 Å². The van der Waals surface area contributed by atoms with Crippen molar-refractivity contribution in [2.45, 2.75) is 19.8 Å². The van der Waals surface area contributed by atoms with Crippen LogP contribution in [0.2, 0.25) is 0 Å². The summed E-state index contributed by atoms with van der Waals surface area (Å²) in [6, 6.07) is 8.00. The molecule has 0 aliphatic carbocycles. The molecule has 0 aromatic carbocycles. The summed E-state index contributed by atoms with van der Waals surface area (Å²) in [5, 5.41) is 0. The minimum atomic E-state index is 0.419. The Morgan fingerprint density at radius 3 is 2.61 bits per heavy atom. The molecule has 0 spiro atoms. The van der Waals surface area contributed by atoms with Crippen molar-refractivity contribution in [1.29, 1.82) is 0 Å². The summed E-state index contributed by atoms with van der Waals surface area (Å²) in [7, 11) is 0. The lowest BCUT2D eigenvalue weighted by Gasteiger charge is -2.12. The molecule has 0 fully saturated rings. The molecular weight excluding hydrogens is 224 g/mol. The lowest BCUT2D eigenvalue weighted by molar-refractivity contribution is 0.833. The van der Waals surface area contributed by atoms with Gasteiger partial charge in [-0.25, -0.2) is 15.0 Å². The zero-order valence-corrected chi connectivity index (χ0v) is 10.4. The normalized spacial score (nSPS) is 11.3. The van der Waals surface area contributed by atoms with E-state index < -0.39 is 0 Å². The molecule has 3 rings (SSSR count). The van der Waals surface area contributed by atoms with Gasteiger partial charge in [0, 0.05) is 12.4 Å². The number of fused-ring (bicyclic) bond motifs is 1. The predicted molar refractivity (Wildman–Crippen MR) is 70.7 cm³/mol. The molecule has 0 unspecified atom stereocenters. The van der Waals surface area contributed by atoms with Gasteiger partial charge in [0.15, 0.2) is 5.65 Å². The SMILES string of the molecule is CC(C)c1cccnc1-n1cnc2ncccc21. The van der Waals surface area contributed by atoms with Crippen molar-refractivity contribution in [3.05, 3.63) is 48.5 Å². The van der Waals surface area contributed by atoms with Crippen LogP contribution in [0.25, 0.3) is 17.0 Å². The number of aromatic nitrogens is 4. The average molecular weight is 238 g/mol. The maximum absolute atomic E-state index is 4.49. The van der Waals surface area contributed by atoms with E-state index in [2.05, 4.69) is 34.9 Å². The molecule has 3 aromatic heterocycles. The third-order valence-corrected chi connectivity index (χ3v) is 2.99. The van der Waals surface area contributed by atoms with Gasteiger partial charge in [0.25, 0.3) is 0 Å². The van der Waals surface area contributed by atoms with E-state index in [0.717, 1.165) is 17.0 Å². The third kappa shape index (κ3) is 1.66. The van der Waals surface area contributed by atoms with Gasteiger partial charge < -0.3 is 0 Å². The van der Waals surface area contributed by atoms with Crippen LogP contribution in [0.5, 0.6) is 0 Å². The van der Waals surface area contributed by atoms with Crippen LogP contribution in [0.15, 0.2) is 43.0 Å². The monoisotopic (exact) mass is 238 g/mol. The highest BCUT2D eigenvalue weighted by Gasteiger charge is 2.12. The first kappa shape index (κ1) is 10.9. The first-order chi connectivity index (χ1) is 8.77. The standard InChI is InChI=1S/C14H14N4/c1-10(2)11-5-3-8-16-14(11)18-9-17-13-12(18)6-4-7-15-13/h3-10H,1-2H3. The minimum Gasteiger partial charge on any atom is -0.281 e. The second kappa shape index (κ2) is 4.22. The summed E-state index contributed by atoms with van der Waals surface area (Å²) in [4.78, 5) is 13.0. The molecule has 3 aromatic rings. The molecule has 0 amide bonds. The van der Waals surface area contributed by atoms with E-state index >= 15 is 0 Å². The second-order valence-electron chi connectivity index (χ2n) is 4.53. The van der Waals surface area contributed by atoms with Crippen molar-refractivity contribution < 1.29 is 0 Å². The highest BCUT2D eigenvalue weighted by Crippen LogP contribution is 2.23. The second-order valence-corrected chi connectivity index (χ2v) is 4.53. The summed E-state index contributed by atoms with van der Waals surface area (Å²) in [5.41, 5.74) is 2.94. The number of pyridine rings is 2. The first-order valence-corrected chi connectivity index (χ1v) is 6.00. The van der Waals surface area contributed by atoms with E-state index in [-0.39, 0.29) is 0 Å². The Morgan fingerprint density at radius 1 is 1.00 bits per heavy atom. The minimum absolute atomic E-state index is 0.419. The first-order valence-electron chi connectivity index (χ1n) is 6.00. The molecule has 0 radical (unpaired) electrons. The number of hydrogen-bond donors (Lipinski definition) is 0. The summed E-state index contributed by atoms with van der Waals surface area (Å²) < 4.78 is 2.00. The lowest BCUT2D eigenvalue weighted by Crippen LogP contribution is -2.02. The Hall–Kier alpha value is -2.23. The fourth-order valence-electron chi connectivity index (χ4n) is 2.08. The fraction of sp³-hybridized carbons (Fsp3) is 0.214. The van der Waals surface area contributed by atoms with Gasteiger partial charge in [-0.1, -0.05) is 19.9 Å². The largest absolute Gasteiger partial charge is 0.281 e. The van der Waals surface area contributed by atoms with Crippen LogP contribution in [0.4, 0.5) is 0 Å². The molecule has 18 heavy (non-hydrogen) atoms. The fourth-order valence-corrected chi connectivity index (χ4v) is 2.08. The van der Waals surface area contributed by atoms with Crippen LogP contribution in [0.1, 0.15) is 25.3 Å². The Balaban J connectivity index is 2.27. The van der Waals surface area contributed by atoms with E-state index in [1.165, 1.54) is 5.56 Å². The van der Waals surface area contributed by atoms with Crippen molar-refractivity contribution in [1.82, 2.24) is 19.5 Å². The van der Waals surface area contributed by atoms with E-state index in [4.69, 9.17) is 0 Å². The average Bonchev–Trinajstić information content (AvgIpc) is 2.82. The van der Waals surface area contributed by atoms with Crippen LogP contribution in [-0.2, 0) is 0 Å². The quantitative estimate of drug-likeness (QED) is 0.689. The van der Waals surface area contributed by atoms with E-state index in [1.54, 1.807) is 12.5 Å². The van der Waals surface area contributed by atoms with Gasteiger partial charge >= 0.3 is 0 Å². The summed E-state index contributed by atoms with van der Waals surface area (Å²) in [6.45, 7) is 4.33.